The van der Waals surface area contributed by atoms with E-state index in [9.17, 15) is 9.59 Å². The van der Waals surface area contributed by atoms with Gasteiger partial charge in [0.1, 0.15) is 5.75 Å². The summed E-state index contributed by atoms with van der Waals surface area (Å²) in [4.78, 5) is 25.1. The standard InChI is InChI=1S/C20H20IN3O3/c1-3-27-16-10-9-13(21)11-15(16)18-17(12(2)22-20(26)24-18)19(25)23-14-7-5-4-6-8-14/h4-11,18H,3H2,1-2H3,(H,23,25)(H2,22,24,26). The Hall–Kier alpha value is -2.55. The number of anilines is 1. The van der Waals surface area contributed by atoms with Crippen LogP contribution in [0.25, 0.3) is 0 Å². The molecule has 0 radical (unpaired) electrons. The van der Waals surface area contributed by atoms with Crippen molar-refractivity contribution in [3.05, 3.63) is 68.9 Å². The number of rotatable bonds is 5. The summed E-state index contributed by atoms with van der Waals surface area (Å²) in [5.74, 6) is 0.362. The Morgan fingerprint density at radius 3 is 2.67 bits per heavy atom. The minimum absolute atomic E-state index is 0.280. The van der Waals surface area contributed by atoms with E-state index in [-0.39, 0.29) is 11.9 Å². The van der Waals surface area contributed by atoms with Crippen molar-refractivity contribution in [2.24, 2.45) is 0 Å². The summed E-state index contributed by atoms with van der Waals surface area (Å²) in [5, 5.41) is 8.43. The molecule has 27 heavy (non-hydrogen) atoms. The Bertz CT molecular complexity index is 897. The Balaban J connectivity index is 2.02. The van der Waals surface area contributed by atoms with E-state index in [1.807, 2.05) is 55.5 Å². The molecule has 1 aliphatic rings. The second-order valence-corrected chi connectivity index (χ2v) is 7.25. The Kier molecular flexibility index (Phi) is 6.00. The molecular weight excluding hydrogens is 457 g/mol. The summed E-state index contributed by atoms with van der Waals surface area (Å²) in [5.41, 5.74) is 2.39. The van der Waals surface area contributed by atoms with Crippen molar-refractivity contribution in [2.45, 2.75) is 19.9 Å². The van der Waals surface area contributed by atoms with Gasteiger partial charge in [-0.1, -0.05) is 18.2 Å². The molecule has 2 aromatic rings. The van der Waals surface area contributed by atoms with Crippen LogP contribution >= 0.6 is 22.6 Å². The van der Waals surface area contributed by atoms with E-state index in [2.05, 4.69) is 38.5 Å². The van der Waals surface area contributed by atoms with Gasteiger partial charge in [-0.05, 0) is 66.8 Å². The predicted molar refractivity (Wildman–Crippen MR) is 113 cm³/mol. The van der Waals surface area contributed by atoms with Gasteiger partial charge in [0.15, 0.2) is 0 Å². The number of allylic oxidation sites excluding steroid dienone is 1. The van der Waals surface area contributed by atoms with Crippen LogP contribution in [0, 0.1) is 3.57 Å². The normalized spacial score (nSPS) is 16.4. The lowest BCUT2D eigenvalue weighted by Crippen LogP contribution is -2.46. The monoisotopic (exact) mass is 477 g/mol. The molecule has 0 bridgehead atoms. The third-order valence-electron chi connectivity index (χ3n) is 4.13. The highest BCUT2D eigenvalue weighted by Gasteiger charge is 2.33. The lowest BCUT2D eigenvalue weighted by Gasteiger charge is -2.29. The number of hydrogen-bond donors (Lipinski definition) is 3. The van der Waals surface area contributed by atoms with E-state index in [1.165, 1.54) is 0 Å². The van der Waals surface area contributed by atoms with Crippen LogP contribution in [0.15, 0.2) is 59.8 Å². The van der Waals surface area contributed by atoms with Crippen LogP contribution in [-0.2, 0) is 4.79 Å². The number of hydrogen-bond acceptors (Lipinski definition) is 3. The molecule has 3 N–H and O–H groups in total. The molecule has 6 nitrogen and oxygen atoms in total. The molecule has 140 valence electrons. The number of urea groups is 1. The number of carbonyl (C=O) groups is 2. The Morgan fingerprint density at radius 1 is 1.22 bits per heavy atom. The minimum Gasteiger partial charge on any atom is -0.494 e. The van der Waals surface area contributed by atoms with Gasteiger partial charge < -0.3 is 20.7 Å². The number of amides is 3. The van der Waals surface area contributed by atoms with Crippen molar-refractivity contribution in [2.75, 3.05) is 11.9 Å². The first kappa shape index (κ1) is 19.2. The largest absolute Gasteiger partial charge is 0.494 e. The van der Waals surface area contributed by atoms with Crippen molar-refractivity contribution in [3.8, 4) is 5.75 Å². The van der Waals surface area contributed by atoms with E-state index >= 15 is 0 Å². The van der Waals surface area contributed by atoms with Gasteiger partial charge in [0, 0.05) is 20.5 Å². The number of nitrogens with one attached hydrogen (secondary N) is 3. The predicted octanol–water partition coefficient (Wildman–Crippen LogP) is 3.96. The molecule has 0 aromatic heterocycles. The maximum atomic E-state index is 13.0. The average Bonchev–Trinajstić information content (AvgIpc) is 2.63. The molecule has 0 saturated heterocycles. The van der Waals surface area contributed by atoms with E-state index < -0.39 is 6.04 Å². The van der Waals surface area contributed by atoms with Crippen molar-refractivity contribution >= 4 is 40.2 Å². The second-order valence-electron chi connectivity index (χ2n) is 6.01. The van der Waals surface area contributed by atoms with Gasteiger partial charge in [0.05, 0.1) is 18.2 Å². The molecule has 7 heteroatoms. The summed E-state index contributed by atoms with van der Waals surface area (Å²) < 4.78 is 6.72. The smallest absolute Gasteiger partial charge is 0.319 e. The first-order chi connectivity index (χ1) is 13.0. The zero-order valence-corrected chi connectivity index (χ0v) is 17.2. The highest BCUT2D eigenvalue weighted by molar-refractivity contribution is 14.1. The van der Waals surface area contributed by atoms with Crippen molar-refractivity contribution in [1.82, 2.24) is 10.6 Å². The summed E-state index contributed by atoms with van der Waals surface area (Å²) in [7, 11) is 0. The van der Waals surface area contributed by atoms with Gasteiger partial charge in [-0.2, -0.15) is 0 Å². The number of para-hydroxylation sites is 1. The molecule has 1 unspecified atom stereocenters. The Morgan fingerprint density at radius 2 is 1.96 bits per heavy atom. The fourth-order valence-corrected chi connectivity index (χ4v) is 3.50. The summed E-state index contributed by atoms with van der Waals surface area (Å²) in [6.45, 7) is 4.10. The zero-order valence-electron chi connectivity index (χ0n) is 15.0. The minimum atomic E-state index is -0.612. The first-order valence-corrected chi connectivity index (χ1v) is 9.64. The molecule has 0 aliphatic carbocycles. The van der Waals surface area contributed by atoms with Gasteiger partial charge in [-0.25, -0.2) is 4.79 Å². The van der Waals surface area contributed by atoms with Crippen LogP contribution in [0.5, 0.6) is 5.75 Å². The van der Waals surface area contributed by atoms with E-state index in [1.54, 1.807) is 6.92 Å². The number of ether oxygens (including phenoxy) is 1. The SMILES string of the molecule is CCOc1ccc(I)cc1C1NC(=O)NC(C)=C1C(=O)Nc1ccccc1. The van der Waals surface area contributed by atoms with Gasteiger partial charge in [-0.3, -0.25) is 4.79 Å². The van der Waals surface area contributed by atoms with Gasteiger partial charge in [0.2, 0.25) is 0 Å². The maximum Gasteiger partial charge on any atom is 0.319 e. The number of carbonyl (C=O) groups excluding carboxylic acids is 2. The van der Waals surface area contributed by atoms with Crippen LogP contribution in [-0.4, -0.2) is 18.5 Å². The summed E-state index contributed by atoms with van der Waals surface area (Å²) in [6, 6.07) is 14.0. The average molecular weight is 477 g/mol. The zero-order chi connectivity index (χ0) is 19.4. The van der Waals surface area contributed by atoms with Crippen LogP contribution in [0.2, 0.25) is 0 Å². The number of halogens is 1. The van der Waals surface area contributed by atoms with Crippen LogP contribution in [0.4, 0.5) is 10.5 Å². The highest BCUT2D eigenvalue weighted by Crippen LogP contribution is 2.34. The molecule has 1 heterocycles. The first-order valence-electron chi connectivity index (χ1n) is 8.56. The van der Waals surface area contributed by atoms with Crippen LogP contribution in [0.3, 0.4) is 0 Å². The van der Waals surface area contributed by atoms with Crippen LogP contribution < -0.4 is 20.7 Å². The van der Waals surface area contributed by atoms with E-state index in [4.69, 9.17) is 4.74 Å². The van der Waals surface area contributed by atoms with Crippen LogP contribution in [0.1, 0.15) is 25.5 Å². The lowest BCUT2D eigenvalue weighted by molar-refractivity contribution is -0.113. The topological polar surface area (TPSA) is 79.5 Å². The molecular formula is C20H20IN3O3. The molecule has 3 rings (SSSR count). The highest BCUT2D eigenvalue weighted by atomic mass is 127. The summed E-state index contributed by atoms with van der Waals surface area (Å²) >= 11 is 2.20. The van der Waals surface area contributed by atoms with Gasteiger partial charge in [0.25, 0.3) is 5.91 Å². The Labute approximate surface area is 171 Å². The van der Waals surface area contributed by atoms with Gasteiger partial charge >= 0.3 is 6.03 Å². The van der Waals surface area contributed by atoms with Crippen molar-refractivity contribution < 1.29 is 14.3 Å². The van der Waals surface area contributed by atoms with Crippen molar-refractivity contribution in [1.29, 1.82) is 0 Å². The molecule has 1 aliphatic heterocycles. The molecule has 3 amide bonds. The third kappa shape index (κ3) is 4.41. The van der Waals surface area contributed by atoms with Crippen molar-refractivity contribution in [3.63, 3.8) is 0 Å². The maximum absolute atomic E-state index is 13.0. The number of benzene rings is 2. The van der Waals surface area contributed by atoms with E-state index in [0.29, 0.717) is 29.3 Å². The van der Waals surface area contributed by atoms with E-state index in [0.717, 1.165) is 9.13 Å². The fourth-order valence-electron chi connectivity index (χ4n) is 2.98. The quantitative estimate of drug-likeness (QED) is 0.571. The van der Waals surface area contributed by atoms with Gasteiger partial charge in [-0.15, -0.1) is 0 Å². The molecule has 0 fully saturated rings. The molecule has 2 aromatic carbocycles. The fraction of sp³-hybridized carbons (Fsp3) is 0.200. The molecule has 1 atom stereocenters. The molecule has 0 spiro atoms. The summed E-state index contributed by atoms with van der Waals surface area (Å²) in [6.07, 6.45) is 0. The second kappa shape index (κ2) is 8.43. The third-order valence-corrected chi connectivity index (χ3v) is 4.80. The lowest BCUT2D eigenvalue weighted by atomic mass is 9.94. The molecule has 0 saturated carbocycles.